The summed E-state index contributed by atoms with van der Waals surface area (Å²) in [5, 5.41) is 4.96. The van der Waals surface area contributed by atoms with Gasteiger partial charge in [-0.05, 0) is 44.2 Å². The number of anilines is 1. The van der Waals surface area contributed by atoms with E-state index in [2.05, 4.69) is 10.6 Å². The zero-order chi connectivity index (χ0) is 20.0. The molecule has 2 rings (SSSR count). The maximum absolute atomic E-state index is 13.0. The molecule has 0 aliphatic carbocycles. The van der Waals surface area contributed by atoms with Crippen LogP contribution in [0.5, 0.6) is 0 Å². The summed E-state index contributed by atoms with van der Waals surface area (Å²) in [6.07, 6.45) is -1.14. The van der Waals surface area contributed by atoms with E-state index >= 15 is 0 Å². The molecule has 2 atom stereocenters. The summed E-state index contributed by atoms with van der Waals surface area (Å²) >= 11 is 5.84. The number of ether oxygens (including phenoxy) is 1. The van der Waals surface area contributed by atoms with Crippen LogP contribution >= 0.6 is 11.6 Å². The highest BCUT2D eigenvalue weighted by atomic mass is 35.5. The minimum Gasteiger partial charge on any atom is -0.451 e. The summed E-state index contributed by atoms with van der Waals surface area (Å²) in [5.41, 5.74) is 0.588. The SMILES string of the molecule is C[C@H](NC(=O)c1ccccc1)C(=O)O[C@H](C)C(=O)Nc1ccc(F)cc1Cl. The first kappa shape index (κ1) is 20.4. The normalized spacial score (nSPS) is 12.6. The summed E-state index contributed by atoms with van der Waals surface area (Å²) in [6, 6.07) is 10.9. The van der Waals surface area contributed by atoms with Crippen LogP contribution in [0.1, 0.15) is 24.2 Å². The number of halogens is 2. The number of hydrogen-bond donors (Lipinski definition) is 2. The van der Waals surface area contributed by atoms with E-state index in [0.29, 0.717) is 5.56 Å². The van der Waals surface area contributed by atoms with Gasteiger partial charge in [-0.1, -0.05) is 29.8 Å². The average Bonchev–Trinajstić information content (AvgIpc) is 2.64. The fourth-order valence-electron chi connectivity index (χ4n) is 2.08. The van der Waals surface area contributed by atoms with Crippen LogP contribution in [0.4, 0.5) is 10.1 Å². The monoisotopic (exact) mass is 392 g/mol. The van der Waals surface area contributed by atoms with Gasteiger partial charge in [-0.15, -0.1) is 0 Å². The number of carbonyl (C=O) groups is 3. The Hall–Kier alpha value is -2.93. The lowest BCUT2D eigenvalue weighted by Crippen LogP contribution is -2.42. The van der Waals surface area contributed by atoms with E-state index in [0.717, 1.165) is 12.1 Å². The van der Waals surface area contributed by atoms with E-state index < -0.39 is 35.7 Å². The van der Waals surface area contributed by atoms with Gasteiger partial charge in [0.15, 0.2) is 6.10 Å². The van der Waals surface area contributed by atoms with E-state index in [1.54, 1.807) is 30.3 Å². The number of hydrogen-bond acceptors (Lipinski definition) is 4. The van der Waals surface area contributed by atoms with Crippen LogP contribution in [-0.4, -0.2) is 29.9 Å². The highest BCUT2D eigenvalue weighted by molar-refractivity contribution is 6.33. The van der Waals surface area contributed by atoms with Gasteiger partial charge in [-0.3, -0.25) is 9.59 Å². The van der Waals surface area contributed by atoms with Crippen LogP contribution in [0.2, 0.25) is 5.02 Å². The van der Waals surface area contributed by atoms with Gasteiger partial charge < -0.3 is 15.4 Å². The van der Waals surface area contributed by atoms with Crippen molar-refractivity contribution >= 4 is 35.1 Å². The van der Waals surface area contributed by atoms with Crippen molar-refractivity contribution in [1.82, 2.24) is 5.32 Å². The van der Waals surface area contributed by atoms with E-state index in [1.807, 2.05) is 0 Å². The van der Waals surface area contributed by atoms with Crippen LogP contribution in [0, 0.1) is 5.82 Å². The standard InChI is InChI=1S/C19H18ClFN2O4/c1-11(22-18(25)13-6-4-3-5-7-13)19(26)27-12(2)17(24)23-16-9-8-14(21)10-15(16)20/h3-12H,1-2H3,(H,22,25)(H,23,24)/t11-,12+/m0/s1. The first-order valence-electron chi connectivity index (χ1n) is 8.10. The molecule has 0 unspecified atom stereocenters. The molecular weight excluding hydrogens is 375 g/mol. The second-order valence-corrected chi connectivity index (χ2v) is 6.16. The molecule has 0 spiro atoms. The predicted molar refractivity (Wildman–Crippen MR) is 99.0 cm³/mol. The molecule has 6 nitrogen and oxygen atoms in total. The third-order valence-electron chi connectivity index (χ3n) is 3.59. The molecule has 0 radical (unpaired) electrons. The summed E-state index contributed by atoms with van der Waals surface area (Å²) < 4.78 is 18.1. The Bertz CT molecular complexity index is 845. The van der Waals surface area contributed by atoms with Crippen molar-refractivity contribution in [3.63, 3.8) is 0 Å². The third-order valence-corrected chi connectivity index (χ3v) is 3.90. The van der Waals surface area contributed by atoms with Crippen molar-refractivity contribution in [2.24, 2.45) is 0 Å². The van der Waals surface area contributed by atoms with Gasteiger partial charge in [-0.25, -0.2) is 9.18 Å². The number of nitrogens with one attached hydrogen (secondary N) is 2. The molecular formula is C19H18ClFN2O4. The molecule has 0 aliphatic heterocycles. The molecule has 2 N–H and O–H groups in total. The van der Waals surface area contributed by atoms with Crippen LogP contribution < -0.4 is 10.6 Å². The van der Waals surface area contributed by atoms with Crippen molar-refractivity contribution in [3.05, 3.63) is 64.9 Å². The number of esters is 1. The predicted octanol–water partition coefficient (Wildman–Crippen LogP) is 3.17. The summed E-state index contributed by atoms with van der Waals surface area (Å²) in [6.45, 7) is 2.82. The second-order valence-electron chi connectivity index (χ2n) is 5.75. The Morgan fingerprint density at radius 3 is 2.37 bits per heavy atom. The molecule has 0 heterocycles. The molecule has 2 aromatic rings. The summed E-state index contributed by atoms with van der Waals surface area (Å²) in [5.74, 6) is -2.39. The summed E-state index contributed by atoms with van der Waals surface area (Å²) in [4.78, 5) is 36.3. The Kier molecular flexibility index (Phi) is 6.90. The van der Waals surface area contributed by atoms with Crippen LogP contribution in [-0.2, 0) is 14.3 Å². The number of rotatable bonds is 6. The van der Waals surface area contributed by atoms with Crippen LogP contribution in [0.15, 0.2) is 48.5 Å². The van der Waals surface area contributed by atoms with E-state index in [-0.39, 0.29) is 10.7 Å². The highest BCUT2D eigenvalue weighted by Gasteiger charge is 2.24. The molecule has 142 valence electrons. The maximum atomic E-state index is 13.0. The smallest absolute Gasteiger partial charge is 0.329 e. The largest absolute Gasteiger partial charge is 0.451 e. The number of carbonyl (C=O) groups excluding carboxylic acids is 3. The van der Waals surface area contributed by atoms with E-state index in [9.17, 15) is 18.8 Å². The zero-order valence-corrected chi connectivity index (χ0v) is 15.4. The van der Waals surface area contributed by atoms with Crippen molar-refractivity contribution in [2.45, 2.75) is 26.0 Å². The fourth-order valence-corrected chi connectivity index (χ4v) is 2.30. The lowest BCUT2D eigenvalue weighted by atomic mass is 10.2. The highest BCUT2D eigenvalue weighted by Crippen LogP contribution is 2.22. The van der Waals surface area contributed by atoms with Crippen LogP contribution in [0.3, 0.4) is 0 Å². The summed E-state index contributed by atoms with van der Waals surface area (Å²) in [7, 11) is 0. The van der Waals surface area contributed by atoms with Crippen molar-refractivity contribution in [1.29, 1.82) is 0 Å². The second kappa shape index (κ2) is 9.14. The van der Waals surface area contributed by atoms with Gasteiger partial charge in [0.05, 0.1) is 10.7 Å². The molecule has 0 saturated carbocycles. The van der Waals surface area contributed by atoms with Gasteiger partial charge in [0.25, 0.3) is 11.8 Å². The molecule has 0 saturated heterocycles. The minimum atomic E-state index is -1.14. The number of amides is 2. The van der Waals surface area contributed by atoms with Crippen molar-refractivity contribution in [2.75, 3.05) is 5.32 Å². The number of benzene rings is 2. The Labute approximate surface area is 160 Å². The first-order chi connectivity index (χ1) is 12.8. The van der Waals surface area contributed by atoms with Crippen molar-refractivity contribution in [3.8, 4) is 0 Å². The molecule has 2 aromatic carbocycles. The molecule has 27 heavy (non-hydrogen) atoms. The molecule has 0 bridgehead atoms. The van der Waals surface area contributed by atoms with Gasteiger partial charge in [0.2, 0.25) is 0 Å². The lowest BCUT2D eigenvalue weighted by molar-refractivity contribution is -0.154. The molecule has 0 aliphatic rings. The van der Waals surface area contributed by atoms with Gasteiger partial charge in [0, 0.05) is 5.56 Å². The van der Waals surface area contributed by atoms with Gasteiger partial charge in [0.1, 0.15) is 11.9 Å². The van der Waals surface area contributed by atoms with E-state index in [1.165, 1.54) is 19.9 Å². The fraction of sp³-hybridized carbons (Fsp3) is 0.211. The zero-order valence-electron chi connectivity index (χ0n) is 14.7. The van der Waals surface area contributed by atoms with Gasteiger partial charge >= 0.3 is 5.97 Å². The van der Waals surface area contributed by atoms with E-state index in [4.69, 9.17) is 16.3 Å². The first-order valence-corrected chi connectivity index (χ1v) is 8.48. The maximum Gasteiger partial charge on any atom is 0.329 e. The van der Waals surface area contributed by atoms with Crippen LogP contribution in [0.25, 0.3) is 0 Å². The Morgan fingerprint density at radius 2 is 1.74 bits per heavy atom. The van der Waals surface area contributed by atoms with Crippen molar-refractivity contribution < 1.29 is 23.5 Å². The molecule has 0 aromatic heterocycles. The molecule has 0 fully saturated rings. The Morgan fingerprint density at radius 1 is 1.07 bits per heavy atom. The topological polar surface area (TPSA) is 84.5 Å². The third kappa shape index (κ3) is 5.79. The van der Waals surface area contributed by atoms with Gasteiger partial charge in [-0.2, -0.15) is 0 Å². The lowest BCUT2D eigenvalue weighted by Gasteiger charge is -2.18. The molecule has 8 heteroatoms. The quantitative estimate of drug-likeness (QED) is 0.739. The molecule has 2 amide bonds. The average molecular weight is 393 g/mol. The Balaban J connectivity index is 1.89. The minimum absolute atomic E-state index is 0.0189.